The molecular formula is C12H11N3O3S. The van der Waals surface area contributed by atoms with Gasteiger partial charge in [-0.25, -0.2) is 9.78 Å². The van der Waals surface area contributed by atoms with Crippen LogP contribution in [0.3, 0.4) is 0 Å². The minimum Gasteiger partial charge on any atom is -0.465 e. The van der Waals surface area contributed by atoms with Gasteiger partial charge in [-0.15, -0.1) is 0 Å². The number of hydrogen-bond acceptors (Lipinski definition) is 6. The van der Waals surface area contributed by atoms with E-state index in [9.17, 15) is 9.59 Å². The van der Waals surface area contributed by atoms with Gasteiger partial charge < -0.3 is 4.74 Å². The van der Waals surface area contributed by atoms with E-state index in [1.165, 1.54) is 19.5 Å². The van der Waals surface area contributed by atoms with Gasteiger partial charge in [0.05, 0.1) is 18.9 Å². The first kappa shape index (κ1) is 13.2. The zero-order valence-electron chi connectivity index (χ0n) is 10.3. The van der Waals surface area contributed by atoms with Crippen LogP contribution in [0.5, 0.6) is 0 Å². The summed E-state index contributed by atoms with van der Waals surface area (Å²) < 4.78 is 4.56. The molecule has 0 unspecified atom stereocenters. The van der Waals surface area contributed by atoms with Crippen molar-refractivity contribution < 1.29 is 14.3 Å². The number of anilines is 1. The molecule has 7 heteroatoms. The lowest BCUT2D eigenvalue weighted by Crippen LogP contribution is -2.11. The molecule has 0 spiro atoms. The molecule has 0 saturated carbocycles. The van der Waals surface area contributed by atoms with Crippen LogP contribution in [0.2, 0.25) is 0 Å². The van der Waals surface area contributed by atoms with E-state index in [2.05, 4.69) is 20.0 Å². The first-order valence-electron chi connectivity index (χ1n) is 5.38. The molecular weight excluding hydrogens is 266 g/mol. The highest BCUT2D eigenvalue weighted by Gasteiger charge is 2.13. The summed E-state index contributed by atoms with van der Waals surface area (Å²) in [6.45, 7) is 1.84. The summed E-state index contributed by atoms with van der Waals surface area (Å²) >= 11 is 1.05. The van der Waals surface area contributed by atoms with Gasteiger partial charge in [0.15, 0.2) is 5.13 Å². The van der Waals surface area contributed by atoms with Crippen molar-refractivity contribution in [2.45, 2.75) is 6.92 Å². The van der Waals surface area contributed by atoms with Gasteiger partial charge in [-0.3, -0.25) is 15.1 Å². The number of ether oxygens (including phenoxy) is 1. The second-order valence-corrected chi connectivity index (χ2v) is 4.69. The number of methoxy groups -OCH3 is 1. The quantitative estimate of drug-likeness (QED) is 0.866. The van der Waals surface area contributed by atoms with Crippen molar-refractivity contribution in [3.63, 3.8) is 0 Å². The number of nitrogens with zero attached hydrogens (tertiary/aromatic N) is 2. The number of carbonyl (C=O) groups is 2. The van der Waals surface area contributed by atoms with E-state index in [0.717, 1.165) is 17.0 Å². The van der Waals surface area contributed by atoms with Crippen LogP contribution in [0.25, 0.3) is 0 Å². The van der Waals surface area contributed by atoms with Gasteiger partial charge in [0.25, 0.3) is 5.91 Å². The third-order valence-corrected chi connectivity index (χ3v) is 3.18. The number of nitrogens with one attached hydrogen (secondary N) is 1. The highest BCUT2D eigenvalue weighted by atomic mass is 32.1. The molecule has 0 saturated heterocycles. The van der Waals surface area contributed by atoms with Gasteiger partial charge >= 0.3 is 5.97 Å². The second kappa shape index (κ2) is 5.57. The predicted molar refractivity (Wildman–Crippen MR) is 70.4 cm³/mol. The molecule has 98 valence electrons. The Labute approximate surface area is 113 Å². The van der Waals surface area contributed by atoms with Gasteiger partial charge in [-0.1, -0.05) is 11.3 Å². The molecule has 0 aliphatic heterocycles. The van der Waals surface area contributed by atoms with E-state index < -0.39 is 5.97 Å². The molecule has 0 fully saturated rings. The molecule has 19 heavy (non-hydrogen) atoms. The maximum absolute atomic E-state index is 11.9. The van der Waals surface area contributed by atoms with E-state index in [4.69, 9.17) is 0 Å². The normalized spacial score (nSPS) is 10.0. The largest absolute Gasteiger partial charge is 0.465 e. The number of rotatable bonds is 3. The molecule has 0 radical (unpaired) electrons. The van der Waals surface area contributed by atoms with E-state index in [-0.39, 0.29) is 5.91 Å². The summed E-state index contributed by atoms with van der Waals surface area (Å²) in [6, 6.07) is 3.42. The van der Waals surface area contributed by atoms with Crippen LogP contribution < -0.4 is 5.32 Å². The standard InChI is InChI=1S/C12H11N3O3S/c1-7-3-4-8(5-13-7)10(16)15-12-14-6-9(19-12)11(17)18-2/h3-6H,1-2H3,(H,14,15,16). The number of hydrogen-bond donors (Lipinski definition) is 1. The lowest BCUT2D eigenvalue weighted by molar-refractivity contribution is 0.0606. The van der Waals surface area contributed by atoms with Crippen molar-refractivity contribution in [2.24, 2.45) is 0 Å². The van der Waals surface area contributed by atoms with Crippen molar-refractivity contribution in [3.8, 4) is 0 Å². The predicted octanol–water partition coefficient (Wildman–Crippen LogP) is 1.89. The summed E-state index contributed by atoms with van der Waals surface area (Å²) in [5.74, 6) is -0.798. The SMILES string of the molecule is COC(=O)c1cnc(NC(=O)c2ccc(C)nc2)s1. The fourth-order valence-corrected chi connectivity index (χ4v) is 2.03. The molecule has 1 amide bonds. The van der Waals surface area contributed by atoms with E-state index in [1.54, 1.807) is 12.1 Å². The molecule has 2 aromatic heterocycles. The topological polar surface area (TPSA) is 81.2 Å². The number of carbonyl (C=O) groups excluding carboxylic acids is 2. The Morgan fingerprint density at radius 2 is 2.05 bits per heavy atom. The average Bonchev–Trinajstić information content (AvgIpc) is 2.87. The third kappa shape index (κ3) is 3.14. The van der Waals surface area contributed by atoms with Crippen LogP contribution in [-0.4, -0.2) is 29.0 Å². The molecule has 1 N–H and O–H groups in total. The lowest BCUT2D eigenvalue weighted by atomic mass is 10.2. The molecule has 2 rings (SSSR count). The summed E-state index contributed by atoms with van der Waals surface area (Å²) in [6.07, 6.45) is 2.85. The van der Waals surface area contributed by atoms with Gasteiger partial charge in [0.2, 0.25) is 0 Å². The van der Waals surface area contributed by atoms with E-state index in [1.807, 2.05) is 6.92 Å². The number of amides is 1. The molecule has 2 aromatic rings. The zero-order chi connectivity index (χ0) is 13.8. The summed E-state index contributed by atoms with van der Waals surface area (Å²) in [5, 5.41) is 2.94. The molecule has 0 aromatic carbocycles. The summed E-state index contributed by atoms with van der Waals surface area (Å²) in [4.78, 5) is 31.4. The van der Waals surface area contributed by atoms with Crippen LogP contribution in [0, 0.1) is 6.92 Å². The zero-order valence-corrected chi connectivity index (χ0v) is 11.2. The Morgan fingerprint density at radius 3 is 2.68 bits per heavy atom. The number of esters is 1. The van der Waals surface area contributed by atoms with Crippen LogP contribution in [0.1, 0.15) is 25.7 Å². The van der Waals surface area contributed by atoms with Gasteiger partial charge in [0.1, 0.15) is 4.88 Å². The fourth-order valence-electron chi connectivity index (χ4n) is 1.30. The Bertz CT molecular complexity index is 607. The number of aryl methyl sites for hydroxylation is 1. The minimum absolute atomic E-state index is 0.321. The van der Waals surface area contributed by atoms with Gasteiger partial charge in [-0.2, -0.15) is 0 Å². The molecule has 0 atom stereocenters. The van der Waals surface area contributed by atoms with Crippen molar-refractivity contribution >= 4 is 28.3 Å². The maximum Gasteiger partial charge on any atom is 0.349 e. The average molecular weight is 277 g/mol. The third-order valence-electron chi connectivity index (χ3n) is 2.29. The number of thiazole rings is 1. The van der Waals surface area contributed by atoms with Crippen LogP contribution in [-0.2, 0) is 4.74 Å². The number of aromatic nitrogens is 2. The van der Waals surface area contributed by atoms with Gasteiger partial charge in [0, 0.05) is 11.9 Å². The van der Waals surface area contributed by atoms with Crippen LogP contribution in [0.15, 0.2) is 24.5 Å². The number of pyridine rings is 1. The molecule has 0 bridgehead atoms. The fraction of sp³-hybridized carbons (Fsp3) is 0.167. The van der Waals surface area contributed by atoms with E-state index in [0.29, 0.717) is 15.6 Å². The Balaban J connectivity index is 2.08. The molecule has 0 aliphatic rings. The van der Waals surface area contributed by atoms with Crippen LogP contribution >= 0.6 is 11.3 Å². The summed E-state index contributed by atoms with van der Waals surface area (Å²) in [5.41, 5.74) is 1.26. The Hall–Kier alpha value is -2.28. The molecule has 6 nitrogen and oxygen atoms in total. The first-order valence-corrected chi connectivity index (χ1v) is 6.20. The second-order valence-electron chi connectivity index (χ2n) is 3.66. The Kier molecular flexibility index (Phi) is 3.86. The highest BCUT2D eigenvalue weighted by Crippen LogP contribution is 2.19. The minimum atomic E-state index is -0.477. The van der Waals surface area contributed by atoms with Crippen molar-refractivity contribution in [1.29, 1.82) is 0 Å². The van der Waals surface area contributed by atoms with Gasteiger partial charge in [-0.05, 0) is 19.1 Å². The Morgan fingerprint density at radius 1 is 1.26 bits per heavy atom. The highest BCUT2D eigenvalue weighted by molar-refractivity contribution is 7.17. The molecule has 0 aliphatic carbocycles. The van der Waals surface area contributed by atoms with Crippen molar-refractivity contribution in [1.82, 2.24) is 9.97 Å². The molecule has 2 heterocycles. The maximum atomic E-state index is 11.9. The lowest BCUT2D eigenvalue weighted by Gasteiger charge is -2.01. The smallest absolute Gasteiger partial charge is 0.349 e. The first-order chi connectivity index (χ1) is 9.10. The van der Waals surface area contributed by atoms with Crippen molar-refractivity contribution in [3.05, 3.63) is 40.7 Å². The van der Waals surface area contributed by atoms with Crippen molar-refractivity contribution in [2.75, 3.05) is 12.4 Å². The summed E-state index contributed by atoms with van der Waals surface area (Å²) in [7, 11) is 1.29. The van der Waals surface area contributed by atoms with E-state index >= 15 is 0 Å². The monoisotopic (exact) mass is 277 g/mol. The van der Waals surface area contributed by atoms with Crippen LogP contribution in [0.4, 0.5) is 5.13 Å².